The number of benzene rings is 2. The molecule has 4 heterocycles. The van der Waals surface area contributed by atoms with E-state index in [4.69, 9.17) is 9.47 Å². The van der Waals surface area contributed by atoms with Gasteiger partial charge in [-0.3, -0.25) is 14.1 Å². The van der Waals surface area contributed by atoms with Crippen molar-refractivity contribution in [3.63, 3.8) is 0 Å². The molecule has 2 unspecified atom stereocenters. The number of hydrogen-bond donors (Lipinski definition) is 2. The average molecular weight is 587 g/mol. The lowest BCUT2D eigenvalue weighted by Gasteiger charge is -2.32. The summed E-state index contributed by atoms with van der Waals surface area (Å²) in [5.41, 5.74) is -0.768. The molecule has 3 aliphatic rings. The minimum Gasteiger partial charge on any atom is -0.453 e. The summed E-state index contributed by atoms with van der Waals surface area (Å²) in [7, 11) is -4.19. The zero-order valence-electron chi connectivity index (χ0n) is 22.0. The highest BCUT2D eigenvalue weighted by molar-refractivity contribution is 7.90. The second-order valence-electron chi connectivity index (χ2n) is 10.6. The van der Waals surface area contributed by atoms with Crippen LogP contribution in [0.5, 0.6) is 11.5 Å². The normalized spacial score (nSPS) is 22.7. The van der Waals surface area contributed by atoms with Crippen LogP contribution in [-0.4, -0.2) is 66.8 Å². The lowest BCUT2D eigenvalue weighted by Crippen LogP contribution is -2.41. The maximum atomic E-state index is 14.9. The summed E-state index contributed by atoms with van der Waals surface area (Å²) in [6.07, 6.45) is 2.72. The Labute approximate surface area is 234 Å². The lowest BCUT2D eigenvalue weighted by molar-refractivity contribution is -0.0196. The molecule has 3 aromatic rings. The lowest BCUT2D eigenvalue weighted by atomic mass is 9.88. The van der Waals surface area contributed by atoms with Crippen LogP contribution in [0.4, 0.5) is 14.5 Å². The van der Waals surface area contributed by atoms with E-state index in [0.717, 1.165) is 42.4 Å². The van der Waals surface area contributed by atoms with E-state index in [9.17, 15) is 27.3 Å². The minimum absolute atomic E-state index is 0.0171. The molecule has 0 aliphatic carbocycles. The van der Waals surface area contributed by atoms with Gasteiger partial charge >= 0.3 is 10.2 Å². The molecule has 6 rings (SSSR count). The number of halogens is 2. The molecule has 0 amide bonds. The van der Waals surface area contributed by atoms with E-state index in [1.54, 1.807) is 16.7 Å². The Morgan fingerprint density at radius 1 is 1.24 bits per heavy atom. The molecule has 2 aromatic carbocycles. The van der Waals surface area contributed by atoms with Crippen LogP contribution in [0.1, 0.15) is 37.3 Å². The summed E-state index contributed by atoms with van der Waals surface area (Å²) in [6, 6.07) is 8.11. The van der Waals surface area contributed by atoms with E-state index in [1.807, 2.05) is 0 Å². The predicted octanol–water partition coefficient (Wildman–Crippen LogP) is 2.98. The molecule has 3 aliphatic heterocycles. The van der Waals surface area contributed by atoms with Crippen LogP contribution in [0, 0.1) is 17.1 Å². The maximum absolute atomic E-state index is 14.9. The summed E-state index contributed by atoms with van der Waals surface area (Å²) >= 11 is 0. The fourth-order valence-corrected chi connectivity index (χ4v) is 7.03. The number of nitrogens with zero attached hydrogens (tertiary/aromatic N) is 4. The molecule has 0 saturated carbocycles. The Hall–Kier alpha value is -3.64. The van der Waals surface area contributed by atoms with Crippen LogP contribution in [0.25, 0.3) is 10.9 Å². The third-order valence-electron chi connectivity index (χ3n) is 7.97. The summed E-state index contributed by atoms with van der Waals surface area (Å²) in [6.45, 7) is 1.79. The molecule has 11 nitrogen and oxygen atoms in total. The van der Waals surface area contributed by atoms with Gasteiger partial charge in [0.15, 0.2) is 11.6 Å². The van der Waals surface area contributed by atoms with Gasteiger partial charge in [0, 0.05) is 13.1 Å². The van der Waals surface area contributed by atoms with Gasteiger partial charge in [0.1, 0.15) is 23.6 Å². The molecule has 3 fully saturated rings. The van der Waals surface area contributed by atoms with E-state index < -0.39 is 33.5 Å². The number of alkyl halides is 1. The Bertz CT molecular complexity index is 1700. The molecular weight excluding hydrogens is 558 g/mol. The van der Waals surface area contributed by atoms with Crippen LogP contribution in [0.15, 0.2) is 41.5 Å². The highest BCUT2D eigenvalue weighted by Gasteiger charge is 2.42. The molecule has 14 heteroatoms. The first-order valence-corrected chi connectivity index (χ1v) is 14.8. The number of fused-ring (bicyclic) bond motifs is 1. The number of piperidine rings is 1. The van der Waals surface area contributed by atoms with Crippen LogP contribution >= 0.6 is 0 Å². The van der Waals surface area contributed by atoms with Gasteiger partial charge in [-0.15, -0.1) is 0 Å². The molecule has 1 aromatic heterocycles. The van der Waals surface area contributed by atoms with E-state index in [0.29, 0.717) is 18.5 Å². The maximum Gasteiger partial charge on any atom is 0.301 e. The molecule has 216 valence electrons. The highest BCUT2D eigenvalue weighted by atomic mass is 32.2. The molecule has 1 spiro atoms. The van der Waals surface area contributed by atoms with Crippen molar-refractivity contribution in [3.05, 3.63) is 58.4 Å². The first-order valence-electron chi connectivity index (χ1n) is 13.4. The Morgan fingerprint density at radius 3 is 2.78 bits per heavy atom. The first kappa shape index (κ1) is 27.5. The highest BCUT2D eigenvalue weighted by Crippen LogP contribution is 2.39. The molecule has 41 heavy (non-hydrogen) atoms. The van der Waals surface area contributed by atoms with Gasteiger partial charge in [0.2, 0.25) is 0 Å². The number of anilines is 1. The second-order valence-corrected chi connectivity index (χ2v) is 12.3. The van der Waals surface area contributed by atoms with Gasteiger partial charge in [-0.1, -0.05) is 0 Å². The van der Waals surface area contributed by atoms with Crippen LogP contribution in [0.2, 0.25) is 0 Å². The Morgan fingerprint density at radius 2 is 2.05 bits per heavy atom. The molecular formula is C27H28F2N6O5S. The van der Waals surface area contributed by atoms with Gasteiger partial charge in [0.05, 0.1) is 41.2 Å². The fourth-order valence-electron chi connectivity index (χ4n) is 5.75. The van der Waals surface area contributed by atoms with Gasteiger partial charge in [-0.05, 0) is 69.1 Å². The Kier molecular flexibility index (Phi) is 7.14. The summed E-state index contributed by atoms with van der Waals surface area (Å²) in [5.74, 6) is -1.37. The summed E-state index contributed by atoms with van der Waals surface area (Å²) in [4.78, 5) is 17.9. The SMILES string of the molecule is N#Cc1c(NS(=O)(=O)N2CCC(F)C2)ccc(F)c1Oc1ccc2ncn(C3COC4(CCNCC4)C3)c(=O)c2c1. The van der Waals surface area contributed by atoms with Crippen molar-refractivity contribution in [2.45, 2.75) is 43.5 Å². The van der Waals surface area contributed by atoms with E-state index >= 15 is 0 Å². The topological polar surface area (TPSA) is 139 Å². The number of rotatable bonds is 6. The first-order chi connectivity index (χ1) is 19.7. The van der Waals surface area contributed by atoms with E-state index in [1.165, 1.54) is 18.5 Å². The predicted molar refractivity (Wildman–Crippen MR) is 145 cm³/mol. The molecule has 0 radical (unpaired) electrons. The number of nitriles is 1. The van der Waals surface area contributed by atoms with Crippen molar-refractivity contribution >= 4 is 26.8 Å². The zero-order valence-corrected chi connectivity index (χ0v) is 22.8. The van der Waals surface area contributed by atoms with Crippen molar-refractivity contribution in [1.29, 1.82) is 5.26 Å². The van der Waals surface area contributed by atoms with Crippen molar-refractivity contribution in [3.8, 4) is 17.6 Å². The van der Waals surface area contributed by atoms with Crippen LogP contribution < -0.4 is 20.3 Å². The third kappa shape index (κ3) is 5.26. The van der Waals surface area contributed by atoms with Gasteiger partial charge in [-0.2, -0.15) is 18.0 Å². The minimum atomic E-state index is -4.19. The summed E-state index contributed by atoms with van der Waals surface area (Å²) in [5, 5.41) is 13.4. The molecule has 2 N–H and O–H groups in total. The molecule has 3 saturated heterocycles. The van der Waals surface area contributed by atoms with Crippen molar-refractivity contribution in [2.24, 2.45) is 0 Å². The molecule has 0 bridgehead atoms. The number of ether oxygens (including phenoxy) is 2. The second kappa shape index (κ2) is 10.6. The smallest absolute Gasteiger partial charge is 0.301 e. The van der Waals surface area contributed by atoms with Crippen LogP contribution in [-0.2, 0) is 14.9 Å². The van der Waals surface area contributed by atoms with E-state index in [-0.39, 0.29) is 53.5 Å². The van der Waals surface area contributed by atoms with Crippen molar-refractivity contribution in [2.75, 3.05) is 37.5 Å². The monoisotopic (exact) mass is 586 g/mol. The quantitative estimate of drug-likeness (QED) is 0.450. The van der Waals surface area contributed by atoms with Gasteiger partial charge < -0.3 is 14.8 Å². The third-order valence-corrected chi connectivity index (χ3v) is 9.45. The number of hydrogen-bond acceptors (Lipinski definition) is 8. The summed E-state index contributed by atoms with van der Waals surface area (Å²) < 4.78 is 70.6. The number of aromatic nitrogens is 2. The number of nitrogens with one attached hydrogen (secondary N) is 2. The average Bonchev–Trinajstić information content (AvgIpc) is 3.58. The van der Waals surface area contributed by atoms with Crippen molar-refractivity contribution < 1.29 is 26.7 Å². The zero-order chi connectivity index (χ0) is 28.8. The largest absolute Gasteiger partial charge is 0.453 e. The van der Waals surface area contributed by atoms with Crippen LogP contribution in [0.3, 0.4) is 0 Å². The fraction of sp³-hybridized carbons (Fsp3) is 0.444. The standard InChI is InChI=1S/C27H28F2N6O5S/c28-17-5-10-34(14-17)41(37,38)33-24-4-2-22(29)25(21(24)13-30)40-19-1-3-23-20(11-19)26(36)35(16-32-23)18-12-27(39-15-18)6-8-31-9-7-27/h1-4,11,16-18,31,33H,5-10,12,14-15H2. The van der Waals surface area contributed by atoms with Gasteiger partial charge in [0.25, 0.3) is 5.56 Å². The van der Waals surface area contributed by atoms with Gasteiger partial charge in [-0.25, -0.2) is 13.8 Å². The van der Waals surface area contributed by atoms with Crippen molar-refractivity contribution in [1.82, 2.24) is 19.2 Å². The molecule has 2 atom stereocenters. The Balaban J connectivity index is 1.29. The van der Waals surface area contributed by atoms with E-state index in [2.05, 4.69) is 15.0 Å².